The van der Waals surface area contributed by atoms with Gasteiger partial charge in [-0.15, -0.1) is 0 Å². The number of aryl methyl sites for hydroxylation is 2. The van der Waals surface area contributed by atoms with E-state index in [0.29, 0.717) is 17.6 Å². The lowest BCUT2D eigenvalue weighted by atomic mass is 10.0. The number of phenolic OH excluding ortho intramolecular Hbond substituents is 1. The Kier molecular flexibility index (Phi) is 6.04. The molecule has 5 nitrogen and oxygen atoms in total. The van der Waals surface area contributed by atoms with Crippen LogP contribution in [0.4, 0.5) is 0 Å². The number of fused-ring (bicyclic) bond motifs is 1. The summed E-state index contributed by atoms with van der Waals surface area (Å²) < 4.78 is 5.85. The fraction of sp³-hybridized carbons (Fsp3) is 0.500. The quantitative estimate of drug-likeness (QED) is 0.860. The zero-order valence-electron chi connectivity index (χ0n) is 16.0. The van der Waals surface area contributed by atoms with Crippen LogP contribution in [-0.2, 0) is 6.54 Å². The number of rotatable bonds is 5. The molecule has 2 heterocycles. The number of aromatic nitrogens is 2. The number of ether oxygens (including phenoxy) is 1. The third kappa shape index (κ3) is 4.30. The van der Waals surface area contributed by atoms with Crippen molar-refractivity contribution in [3.8, 4) is 22.8 Å². The highest BCUT2D eigenvalue weighted by atomic mass is 32.2. The fourth-order valence-electron chi connectivity index (χ4n) is 3.17. The van der Waals surface area contributed by atoms with Gasteiger partial charge in [-0.1, -0.05) is 6.92 Å². The van der Waals surface area contributed by atoms with E-state index in [2.05, 4.69) is 34.1 Å². The minimum Gasteiger partial charge on any atom is -0.504 e. The number of aromatic hydroxyl groups is 1. The van der Waals surface area contributed by atoms with E-state index in [-0.39, 0.29) is 5.75 Å². The van der Waals surface area contributed by atoms with E-state index < -0.39 is 0 Å². The lowest BCUT2D eigenvalue weighted by Crippen LogP contribution is -2.28. The molecule has 1 unspecified atom stereocenters. The van der Waals surface area contributed by atoms with Crippen molar-refractivity contribution in [2.45, 2.75) is 39.0 Å². The zero-order valence-corrected chi connectivity index (χ0v) is 16.8. The topological polar surface area (TPSA) is 58.5 Å². The summed E-state index contributed by atoms with van der Waals surface area (Å²) in [5.41, 5.74) is 4.43. The first-order valence-electron chi connectivity index (χ1n) is 9.02. The van der Waals surface area contributed by atoms with Crippen molar-refractivity contribution >= 4 is 11.8 Å². The minimum atomic E-state index is 0.180. The predicted octanol–water partition coefficient (Wildman–Crippen LogP) is 3.80. The molecule has 0 amide bonds. The molecule has 2 aromatic rings. The molecule has 26 heavy (non-hydrogen) atoms. The van der Waals surface area contributed by atoms with Gasteiger partial charge >= 0.3 is 0 Å². The summed E-state index contributed by atoms with van der Waals surface area (Å²) in [6.45, 7) is 9.39. The smallest absolute Gasteiger partial charge is 0.165 e. The van der Waals surface area contributed by atoms with E-state index in [0.717, 1.165) is 54.3 Å². The van der Waals surface area contributed by atoms with Gasteiger partial charge in [0.05, 0.1) is 17.1 Å². The first-order chi connectivity index (χ1) is 12.5. The lowest BCUT2D eigenvalue weighted by molar-refractivity contribution is 0.221. The first kappa shape index (κ1) is 19.0. The SMILES string of the molecule is CSC(C)CCN1CCOc2c(O)cc(-c3nc(C)cnc3C)cc2C1. The number of nitrogens with zero attached hydrogens (tertiary/aromatic N) is 3. The molecule has 3 rings (SSSR count). The second-order valence-electron chi connectivity index (χ2n) is 6.89. The Morgan fingerprint density at radius 1 is 1.35 bits per heavy atom. The lowest BCUT2D eigenvalue weighted by Gasteiger charge is -2.21. The van der Waals surface area contributed by atoms with Crippen LogP contribution in [0.3, 0.4) is 0 Å². The Hall–Kier alpha value is -1.79. The summed E-state index contributed by atoms with van der Waals surface area (Å²) in [6.07, 6.45) is 5.06. The van der Waals surface area contributed by atoms with Crippen molar-refractivity contribution in [2.75, 3.05) is 26.0 Å². The molecular formula is C20H27N3O2S. The van der Waals surface area contributed by atoms with Crippen molar-refractivity contribution in [2.24, 2.45) is 0 Å². The molecule has 0 radical (unpaired) electrons. The second-order valence-corrected chi connectivity index (χ2v) is 8.16. The summed E-state index contributed by atoms with van der Waals surface area (Å²) in [7, 11) is 0. The van der Waals surface area contributed by atoms with Crippen LogP contribution in [0.15, 0.2) is 18.3 Å². The largest absolute Gasteiger partial charge is 0.504 e. The number of hydrogen-bond donors (Lipinski definition) is 1. The zero-order chi connectivity index (χ0) is 18.7. The van der Waals surface area contributed by atoms with Gasteiger partial charge in [0.15, 0.2) is 11.5 Å². The van der Waals surface area contributed by atoms with E-state index in [1.165, 1.54) is 0 Å². The van der Waals surface area contributed by atoms with E-state index in [9.17, 15) is 5.11 Å². The van der Waals surface area contributed by atoms with Crippen LogP contribution in [0.1, 0.15) is 30.3 Å². The summed E-state index contributed by atoms with van der Waals surface area (Å²) in [6, 6.07) is 3.82. The van der Waals surface area contributed by atoms with Gasteiger partial charge in [0.2, 0.25) is 0 Å². The maximum Gasteiger partial charge on any atom is 0.165 e. The molecule has 1 aromatic heterocycles. The highest BCUT2D eigenvalue weighted by Gasteiger charge is 2.21. The normalized spacial score (nSPS) is 15.8. The van der Waals surface area contributed by atoms with Gasteiger partial charge in [-0.25, -0.2) is 4.98 Å². The number of hydrogen-bond acceptors (Lipinski definition) is 6. The van der Waals surface area contributed by atoms with E-state index >= 15 is 0 Å². The molecular weight excluding hydrogens is 346 g/mol. The van der Waals surface area contributed by atoms with Gasteiger partial charge in [0.25, 0.3) is 0 Å². The van der Waals surface area contributed by atoms with Crippen molar-refractivity contribution in [3.05, 3.63) is 35.3 Å². The van der Waals surface area contributed by atoms with Crippen molar-refractivity contribution in [1.29, 1.82) is 0 Å². The van der Waals surface area contributed by atoms with Crippen molar-refractivity contribution in [3.63, 3.8) is 0 Å². The van der Waals surface area contributed by atoms with E-state index in [4.69, 9.17) is 4.74 Å². The van der Waals surface area contributed by atoms with Crippen LogP contribution in [-0.4, -0.2) is 51.2 Å². The van der Waals surface area contributed by atoms with Crippen LogP contribution in [0.5, 0.6) is 11.5 Å². The molecule has 1 N–H and O–H groups in total. The summed E-state index contributed by atoms with van der Waals surface area (Å²) in [4.78, 5) is 11.4. The maximum absolute atomic E-state index is 10.5. The Morgan fingerprint density at radius 2 is 2.15 bits per heavy atom. The average molecular weight is 374 g/mol. The Balaban J connectivity index is 1.90. The van der Waals surface area contributed by atoms with Gasteiger partial charge in [0.1, 0.15) is 6.61 Å². The molecule has 0 aliphatic carbocycles. The second kappa shape index (κ2) is 8.27. The van der Waals surface area contributed by atoms with Crippen LogP contribution >= 0.6 is 11.8 Å². The molecule has 1 aliphatic heterocycles. The highest BCUT2D eigenvalue weighted by Crippen LogP contribution is 2.37. The van der Waals surface area contributed by atoms with Gasteiger partial charge in [-0.3, -0.25) is 9.88 Å². The fourth-order valence-corrected chi connectivity index (χ4v) is 3.51. The molecule has 6 heteroatoms. The third-order valence-corrected chi connectivity index (χ3v) is 5.84. The van der Waals surface area contributed by atoms with E-state index in [1.807, 2.05) is 25.6 Å². The Bertz CT molecular complexity index is 782. The number of thioether (sulfide) groups is 1. The minimum absolute atomic E-state index is 0.180. The predicted molar refractivity (Wildman–Crippen MR) is 107 cm³/mol. The molecule has 0 spiro atoms. The van der Waals surface area contributed by atoms with E-state index in [1.54, 1.807) is 12.3 Å². The van der Waals surface area contributed by atoms with Gasteiger partial charge in [0, 0.05) is 35.7 Å². The van der Waals surface area contributed by atoms with Crippen LogP contribution in [0.25, 0.3) is 11.3 Å². The molecule has 1 aromatic carbocycles. The number of phenols is 1. The molecule has 1 atom stereocenters. The Labute approximate surface area is 159 Å². The van der Waals surface area contributed by atoms with Gasteiger partial charge < -0.3 is 9.84 Å². The summed E-state index contributed by atoms with van der Waals surface area (Å²) in [5.74, 6) is 0.784. The first-order valence-corrected chi connectivity index (χ1v) is 10.3. The summed E-state index contributed by atoms with van der Waals surface area (Å²) >= 11 is 1.90. The molecule has 0 saturated heterocycles. The van der Waals surface area contributed by atoms with Crippen molar-refractivity contribution in [1.82, 2.24) is 14.9 Å². The van der Waals surface area contributed by atoms with Gasteiger partial charge in [-0.2, -0.15) is 11.8 Å². The molecule has 0 fully saturated rings. The van der Waals surface area contributed by atoms with Crippen LogP contribution in [0, 0.1) is 13.8 Å². The maximum atomic E-state index is 10.5. The van der Waals surface area contributed by atoms with Crippen LogP contribution < -0.4 is 4.74 Å². The van der Waals surface area contributed by atoms with Crippen LogP contribution in [0.2, 0.25) is 0 Å². The average Bonchev–Trinajstić information content (AvgIpc) is 2.84. The third-order valence-electron chi connectivity index (χ3n) is 4.80. The van der Waals surface area contributed by atoms with Crippen molar-refractivity contribution < 1.29 is 9.84 Å². The molecule has 140 valence electrons. The molecule has 1 aliphatic rings. The monoisotopic (exact) mass is 373 g/mol. The highest BCUT2D eigenvalue weighted by molar-refractivity contribution is 7.99. The summed E-state index contributed by atoms with van der Waals surface area (Å²) in [5, 5.41) is 11.2. The molecule has 0 saturated carbocycles. The standard InChI is InChI=1S/C20H27N3O2S/c1-13-11-21-15(3)19(22-13)16-9-17-12-23(6-5-14(2)26-4)7-8-25-20(17)18(24)10-16/h9-11,14,24H,5-8,12H2,1-4H3. The number of benzene rings is 1. The Morgan fingerprint density at radius 3 is 2.92 bits per heavy atom. The molecule has 0 bridgehead atoms. The van der Waals surface area contributed by atoms with Gasteiger partial charge in [-0.05, 0) is 45.2 Å².